The Morgan fingerprint density at radius 1 is 1.38 bits per heavy atom. The van der Waals surface area contributed by atoms with Crippen molar-refractivity contribution in [3.63, 3.8) is 0 Å². The van der Waals surface area contributed by atoms with Crippen LogP contribution in [-0.4, -0.2) is 21.3 Å². The maximum atomic E-state index is 9.59. The molecular formula is C9H8BrNO2. The number of pyridine rings is 1. The maximum absolute atomic E-state index is 9.59. The molecule has 2 rings (SSSR count). The second-order valence-electron chi connectivity index (χ2n) is 2.92. The highest BCUT2D eigenvalue weighted by molar-refractivity contribution is 9.10. The summed E-state index contributed by atoms with van der Waals surface area (Å²) in [6.07, 6.45) is 3.20. The number of fused-ring (bicyclic) bond motifs is 1. The number of nitrogens with zero attached hydrogens (tertiary/aromatic N) is 1. The summed E-state index contributed by atoms with van der Waals surface area (Å²) in [7, 11) is 0. The fraction of sp³-hybridized carbons (Fsp3) is 0.222. The lowest BCUT2D eigenvalue weighted by Crippen LogP contribution is -2.19. The minimum absolute atomic E-state index is 0.657. The zero-order valence-corrected chi connectivity index (χ0v) is 8.27. The van der Waals surface area contributed by atoms with Gasteiger partial charge in [-0.2, -0.15) is 0 Å². The van der Waals surface area contributed by atoms with E-state index in [-0.39, 0.29) is 0 Å². The smallest absolute Gasteiger partial charge is 0.111 e. The van der Waals surface area contributed by atoms with E-state index in [2.05, 4.69) is 20.9 Å². The topological polar surface area (TPSA) is 53.4 Å². The van der Waals surface area contributed by atoms with Gasteiger partial charge in [-0.15, -0.1) is 0 Å². The Morgan fingerprint density at radius 2 is 2.15 bits per heavy atom. The summed E-state index contributed by atoms with van der Waals surface area (Å²) in [6.45, 7) is 0. The van der Waals surface area contributed by atoms with Crippen molar-refractivity contribution in [1.29, 1.82) is 0 Å². The van der Waals surface area contributed by atoms with Gasteiger partial charge < -0.3 is 10.2 Å². The average molecular weight is 242 g/mol. The van der Waals surface area contributed by atoms with E-state index in [4.69, 9.17) is 0 Å². The number of aromatic nitrogens is 1. The third kappa shape index (κ3) is 1.52. The molecule has 0 saturated carbocycles. The van der Waals surface area contributed by atoms with Crippen molar-refractivity contribution < 1.29 is 10.2 Å². The molecule has 0 amide bonds. The van der Waals surface area contributed by atoms with Crippen LogP contribution in [0.2, 0.25) is 0 Å². The SMILES string of the molecule is O[C@@H]1c2cc(Br)cnc2C=C[C@@H]1O. The summed E-state index contributed by atoms with van der Waals surface area (Å²) < 4.78 is 0.799. The quantitative estimate of drug-likeness (QED) is 0.720. The first-order valence-corrected chi connectivity index (χ1v) is 4.67. The van der Waals surface area contributed by atoms with Gasteiger partial charge in [-0.3, -0.25) is 4.98 Å². The third-order valence-corrected chi connectivity index (χ3v) is 2.44. The molecule has 0 radical (unpaired) electrons. The molecule has 0 bridgehead atoms. The van der Waals surface area contributed by atoms with E-state index >= 15 is 0 Å². The van der Waals surface area contributed by atoms with Crippen molar-refractivity contribution in [1.82, 2.24) is 4.98 Å². The molecule has 0 fully saturated rings. The molecule has 3 nitrogen and oxygen atoms in total. The zero-order chi connectivity index (χ0) is 9.42. The molecule has 0 unspecified atom stereocenters. The Balaban J connectivity index is 2.54. The van der Waals surface area contributed by atoms with E-state index in [1.807, 2.05) is 0 Å². The van der Waals surface area contributed by atoms with Gasteiger partial charge in [0.05, 0.1) is 5.69 Å². The van der Waals surface area contributed by atoms with Crippen molar-refractivity contribution in [2.45, 2.75) is 12.2 Å². The van der Waals surface area contributed by atoms with Crippen molar-refractivity contribution in [3.8, 4) is 0 Å². The van der Waals surface area contributed by atoms with E-state index in [1.54, 1.807) is 18.3 Å². The first-order chi connectivity index (χ1) is 6.18. The van der Waals surface area contributed by atoms with E-state index in [0.29, 0.717) is 11.3 Å². The van der Waals surface area contributed by atoms with E-state index < -0.39 is 12.2 Å². The van der Waals surface area contributed by atoms with Gasteiger partial charge in [-0.25, -0.2) is 0 Å². The van der Waals surface area contributed by atoms with Gasteiger partial charge in [0.15, 0.2) is 0 Å². The lowest BCUT2D eigenvalue weighted by atomic mass is 9.97. The Labute approximate surface area is 83.9 Å². The number of aliphatic hydroxyl groups excluding tert-OH is 2. The third-order valence-electron chi connectivity index (χ3n) is 2.01. The maximum Gasteiger partial charge on any atom is 0.111 e. The fourth-order valence-corrected chi connectivity index (χ4v) is 1.67. The molecule has 13 heavy (non-hydrogen) atoms. The number of aliphatic hydroxyl groups is 2. The van der Waals surface area contributed by atoms with Gasteiger partial charge in [0, 0.05) is 16.2 Å². The van der Waals surface area contributed by atoms with Gasteiger partial charge in [-0.1, -0.05) is 6.08 Å². The van der Waals surface area contributed by atoms with Crippen LogP contribution in [0.5, 0.6) is 0 Å². The molecule has 0 saturated heterocycles. The minimum atomic E-state index is -0.870. The summed E-state index contributed by atoms with van der Waals surface area (Å²) in [6, 6.07) is 1.76. The van der Waals surface area contributed by atoms with Crippen LogP contribution in [0.1, 0.15) is 17.4 Å². The highest BCUT2D eigenvalue weighted by Gasteiger charge is 2.22. The predicted octanol–water partition coefficient (Wildman–Crippen LogP) is 1.27. The fourth-order valence-electron chi connectivity index (χ4n) is 1.32. The van der Waals surface area contributed by atoms with Crippen molar-refractivity contribution in [2.24, 2.45) is 0 Å². The number of hydrogen-bond donors (Lipinski definition) is 2. The molecule has 1 aliphatic carbocycles. The van der Waals surface area contributed by atoms with Crippen LogP contribution in [-0.2, 0) is 0 Å². The molecule has 2 N–H and O–H groups in total. The van der Waals surface area contributed by atoms with Gasteiger partial charge in [0.1, 0.15) is 12.2 Å². The number of rotatable bonds is 0. The molecule has 68 valence electrons. The van der Waals surface area contributed by atoms with Gasteiger partial charge in [0.2, 0.25) is 0 Å². The molecule has 0 aliphatic heterocycles. The Morgan fingerprint density at radius 3 is 2.92 bits per heavy atom. The normalized spacial score (nSPS) is 25.8. The van der Waals surface area contributed by atoms with Crippen LogP contribution in [0.15, 0.2) is 22.8 Å². The Hall–Kier alpha value is -0.710. The standard InChI is InChI=1S/C9H8BrNO2/c10-5-3-6-7(11-4-5)1-2-8(12)9(6)13/h1-4,8-9,12-13H/t8-,9+/m0/s1. The molecule has 1 aromatic rings. The minimum Gasteiger partial charge on any atom is -0.386 e. The van der Waals surface area contributed by atoms with Crippen LogP contribution < -0.4 is 0 Å². The largest absolute Gasteiger partial charge is 0.386 e. The van der Waals surface area contributed by atoms with Crippen LogP contribution in [0.4, 0.5) is 0 Å². The first kappa shape index (κ1) is 8.87. The van der Waals surface area contributed by atoms with Crippen LogP contribution in [0.3, 0.4) is 0 Å². The zero-order valence-electron chi connectivity index (χ0n) is 6.68. The number of hydrogen-bond acceptors (Lipinski definition) is 3. The molecule has 1 aromatic heterocycles. The summed E-state index contributed by atoms with van der Waals surface area (Å²) in [5.41, 5.74) is 1.37. The summed E-state index contributed by atoms with van der Waals surface area (Å²) in [5, 5.41) is 18.9. The summed E-state index contributed by atoms with van der Waals surface area (Å²) in [5.74, 6) is 0. The molecule has 0 aromatic carbocycles. The molecule has 1 heterocycles. The highest BCUT2D eigenvalue weighted by Crippen LogP contribution is 2.28. The van der Waals surface area contributed by atoms with Gasteiger partial charge in [-0.05, 0) is 28.1 Å². The molecule has 1 aliphatic rings. The van der Waals surface area contributed by atoms with Gasteiger partial charge in [0.25, 0.3) is 0 Å². The van der Waals surface area contributed by atoms with E-state index in [0.717, 1.165) is 4.47 Å². The van der Waals surface area contributed by atoms with E-state index in [9.17, 15) is 10.2 Å². The monoisotopic (exact) mass is 241 g/mol. The predicted molar refractivity (Wildman–Crippen MR) is 51.9 cm³/mol. The lowest BCUT2D eigenvalue weighted by molar-refractivity contribution is 0.0466. The van der Waals surface area contributed by atoms with Crippen molar-refractivity contribution in [3.05, 3.63) is 34.1 Å². The van der Waals surface area contributed by atoms with Crippen molar-refractivity contribution >= 4 is 22.0 Å². The Kier molecular flexibility index (Phi) is 2.19. The average Bonchev–Trinajstić information content (AvgIpc) is 2.12. The first-order valence-electron chi connectivity index (χ1n) is 3.88. The van der Waals surface area contributed by atoms with E-state index in [1.165, 1.54) is 6.08 Å². The van der Waals surface area contributed by atoms with Crippen LogP contribution in [0, 0.1) is 0 Å². The molecule has 2 atom stereocenters. The molecular weight excluding hydrogens is 234 g/mol. The lowest BCUT2D eigenvalue weighted by Gasteiger charge is -2.20. The highest BCUT2D eigenvalue weighted by atomic mass is 79.9. The summed E-state index contributed by atoms with van der Waals surface area (Å²) >= 11 is 3.26. The summed E-state index contributed by atoms with van der Waals surface area (Å²) in [4.78, 5) is 4.10. The molecule has 4 heteroatoms. The molecule has 0 spiro atoms. The van der Waals surface area contributed by atoms with Crippen LogP contribution in [0.25, 0.3) is 6.08 Å². The second kappa shape index (κ2) is 3.21. The van der Waals surface area contributed by atoms with Crippen molar-refractivity contribution in [2.75, 3.05) is 0 Å². The van der Waals surface area contributed by atoms with Gasteiger partial charge >= 0.3 is 0 Å². The van der Waals surface area contributed by atoms with Crippen LogP contribution >= 0.6 is 15.9 Å². The number of halogens is 1. The Bertz CT molecular complexity index is 365. The second-order valence-corrected chi connectivity index (χ2v) is 3.84.